The van der Waals surface area contributed by atoms with Crippen LogP contribution in [0, 0.1) is 0 Å². The van der Waals surface area contributed by atoms with Gasteiger partial charge in [0.2, 0.25) is 0 Å². The lowest BCUT2D eigenvalue weighted by Gasteiger charge is -2.34. The van der Waals surface area contributed by atoms with Gasteiger partial charge in [-0.1, -0.05) is 23.7 Å². The molecule has 0 atom stereocenters. The van der Waals surface area contributed by atoms with Crippen molar-refractivity contribution in [3.8, 4) is 0 Å². The molecule has 0 spiro atoms. The molecule has 1 N–H and O–H groups in total. The number of imide groups is 1. The van der Waals surface area contributed by atoms with Crippen LogP contribution in [0.4, 0.5) is 9.59 Å². The Bertz CT molecular complexity index is 909. The zero-order chi connectivity index (χ0) is 24.7. The van der Waals surface area contributed by atoms with E-state index >= 15 is 0 Å². The third-order valence-corrected chi connectivity index (χ3v) is 6.62. The van der Waals surface area contributed by atoms with Gasteiger partial charge in [-0.2, -0.15) is 0 Å². The van der Waals surface area contributed by atoms with E-state index in [2.05, 4.69) is 15.1 Å². The fourth-order valence-electron chi connectivity index (χ4n) is 3.72. The monoisotopic (exact) mass is 508 g/mol. The highest BCUT2D eigenvalue weighted by atomic mass is 35.5. The van der Waals surface area contributed by atoms with Gasteiger partial charge in [-0.3, -0.25) is 19.4 Å². The molecular formula is C24H33ClN4O4S. The predicted octanol–water partition coefficient (Wildman–Crippen LogP) is 3.91. The van der Waals surface area contributed by atoms with Crippen LogP contribution >= 0.6 is 23.4 Å². The number of nitrogens with zero attached hydrogens (tertiary/aromatic N) is 3. The number of carbonyl (C=O) groups excluding carboxylic acids is 3. The zero-order valence-electron chi connectivity index (χ0n) is 20.0. The van der Waals surface area contributed by atoms with E-state index in [9.17, 15) is 14.4 Å². The number of rotatable bonds is 8. The largest absolute Gasteiger partial charge is 0.444 e. The minimum Gasteiger partial charge on any atom is -0.444 e. The molecular weight excluding hydrogens is 476 g/mol. The van der Waals surface area contributed by atoms with Crippen molar-refractivity contribution in [3.05, 3.63) is 39.8 Å². The van der Waals surface area contributed by atoms with Crippen LogP contribution in [0.2, 0.25) is 5.02 Å². The van der Waals surface area contributed by atoms with Crippen LogP contribution in [0.1, 0.15) is 32.8 Å². The van der Waals surface area contributed by atoms with Crippen molar-refractivity contribution in [3.63, 3.8) is 0 Å². The maximum atomic E-state index is 12.7. The molecule has 186 valence electrons. The number of amides is 3. The van der Waals surface area contributed by atoms with Gasteiger partial charge in [-0.25, -0.2) is 4.79 Å². The first-order valence-corrected chi connectivity index (χ1v) is 12.7. The summed E-state index contributed by atoms with van der Waals surface area (Å²) in [5.74, 6) is -0.229. The van der Waals surface area contributed by atoms with Crippen LogP contribution in [0.3, 0.4) is 0 Å². The Balaban J connectivity index is 1.34. The molecule has 0 unspecified atom stereocenters. The van der Waals surface area contributed by atoms with Crippen LogP contribution in [-0.2, 0) is 9.53 Å². The zero-order valence-corrected chi connectivity index (χ0v) is 21.6. The molecule has 1 aromatic carbocycles. The number of piperazine rings is 1. The third kappa shape index (κ3) is 8.30. The molecule has 2 saturated heterocycles. The van der Waals surface area contributed by atoms with Crippen molar-refractivity contribution in [1.29, 1.82) is 0 Å². The highest BCUT2D eigenvalue weighted by molar-refractivity contribution is 8.18. The summed E-state index contributed by atoms with van der Waals surface area (Å²) in [7, 11) is 0. The van der Waals surface area contributed by atoms with Gasteiger partial charge in [-0.05, 0) is 69.3 Å². The quantitative estimate of drug-likeness (QED) is 0.533. The summed E-state index contributed by atoms with van der Waals surface area (Å²) >= 11 is 6.89. The van der Waals surface area contributed by atoms with Crippen LogP contribution < -0.4 is 5.32 Å². The number of carbonyl (C=O) groups is 3. The number of alkyl carbamates (subject to hydrolysis) is 1. The maximum absolute atomic E-state index is 12.7. The number of halogens is 1. The third-order valence-electron chi connectivity index (χ3n) is 5.46. The predicted molar refractivity (Wildman–Crippen MR) is 136 cm³/mol. The lowest BCUT2D eigenvalue weighted by atomic mass is 10.2. The molecule has 3 amide bonds. The Morgan fingerprint density at radius 1 is 1.06 bits per heavy atom. The molecule has 2 heterocycles. The van der Waals surface area contributed by atoms with Gasteiger partial charge in [0.1, 0.15) is 5.60 Å². The SMILES string of the molecule is CC(C)(C)OC(=O)NCCN1CCN(CCCN2C(=O)SC(=Cc3ccc(Cl)cc3)C2=O)CC1. The molecule has 0 saturated carbocycles. The molecule has 2 aliphatic rings. The lowest BCUT2D eigenvalue weighted by molar-refractivity contribution is -0.122. The number of benzene rings is 1. The van der Waals surface area contributed by atoms with Crippen molar-refractivity contribution in [2.75, 3.05) is 52.4 Å². The van der Waals surface area contributed by atoms with E-state index in [4.69, 9.17) is 16.3 Å². The summed E-state index contributed by atoms with van der Waals surface area (Å²) < 4.78 is 5.25. The first-order valence-electron chi connectivity index (χ1n) is 11.5. The van der Waals surface area contributed by atoms with E-state index < -0.39 is 5.60 Å². The summed E-state index contributed by atoms with van der Waals surface area (Å²) in [6.45, 7) is 11.8. The Hall–Kier alpha value is -2.07. The number of nitrogens with one attached hydrogen (secondary N) is 1. The Labute approximate surface area is 210 Å². The van der Waals surface area contributed by atoms with Gasteiger partial charge >= 0.3 is 6.09 Å². The smallest absolute Gasteiger partial charge is 0.407 e. The average Bonchev–Trinajstić information content (AvgIpc) is 3.02. The fourth-order valence-corrected chi connectivity index (χ4v) is 4.71. The standard InChI is InChI=1S/C24H33ClN4O4S/c1-24(2,3)33-22(31)26-9-12-28-15-13-27(14-16-28)10-4-11-29-21(30)20(34-23(29)32)17-18-5-7-19(25)8-6-18/h5-8,17H,4,9-16H2,1-3H3,(H,26,31). The minimum atomic E-state index is -0.493. The maximum Gasteiger partial charge on any atom is 0.407 e. The molecule has 0 aromatic heterocycles. The summed E-state index contributed by atoms with van der Waals surface area (Å²) in [5, 5.41) is 3.21. The van der Waals surface area contributed by atoms with Gasteiger partial charge in [0, 0.05) is 50.8 Å². The van der Waals surface area contributed by atoms with Crippen LogP contribution in [0.25, 0.3) is 6.08 Å². The number of hydrogen-bond acceptors (Lipinski definition) is 7. The van der Waals surface area contributed by atoms with Gasteiger partial charge in [-0.15, -0.1) is 0 Å². The molecule has 2 aliphatic heterocycles. The van der Waals surface area contributed by atoms with Crippen molar-refractivity contribution in [1.82, 2.24) is 20.0 Å². The summed E-state index contributed by atoms with van der Waals surface area (Å²) in [6.07, 6.45) is 2.09. The molecule has 10 heteroatoms. The molecule has 1 aromatic rings. The molecule has 0 radical (unpaired) electrons. The second-order valence-electron chi connectivity index (χ2n) is 9.35. The average molecular weight is 509 g/mol. The molecule has 34 heavy (non-hydrogen) atoms. The van der Waals surface area contributed by atoms with Crippen LogP contribution in [0.5, 0.6) is 0 Å². The van der Waals surface area contributed by atoms with Crippen molar-refractivity contribution in [2.45, 2.75) is 32.8 Å². The Morgan fingerprint density at radius 2 is 1.68 bits per heavy atom. The molecule has 2 fully saturated rings. The Morgan fingerprint density at radius 3 is 2.29 bits per heavy atom. The second-order valence-corrected chi connectivity index (χ2v) is 10.8. The lowest BCUT2D eigenvalue weighted by Crippen LogP contribution is -2.49. The van der Waals surface area contributed by atoms with Crippen LogP contribution in [0.15, 0.2) is 29.2 Å². The summed E-state index contributed by atoms with van der Waals surface area (Å²) in [5.41, 5.74) is 0.349. The molecule has 3 rings (SSSR count). The van der Waals surface area contributed by atoms with Gasteiger partial charge in [0.25, 0.3) is 11.1 Å². The highest BCUT2D eigenvalue weighted by Crippen LogP contribution is 2.32. The van der Waals surface area contributed by atoms with E-state index in [1.165, 1.54) is 4.90 Å². The second kappa shape index (κ2) is 12.1. The number of thioether (sulfide) groups is 1. The van der Waals surface area contributed by atoms with Gasteiger partial charge < -0.3 is 15.0 Å². The summed E-state index contributed by atoms with van der Waals surface area (Å²) in [4.78, 5) is 43.2. The first kappa shape index (κ1) is 26.5. The van der Waals surface area contributed by atoms with Gasteiger partial charge in [0.05, 0.1) is 4.91 Å². The summed E-state index contributed by atoms with van der Waals surface area (Å²) in [6, 6.07) is 7.16. The van der Waals surface area contributed by atoms with E-state index in [0.29, 0.717) is 23.0 Å². The van der Waals surface area contributed by atoms with Crippen LogP contribution in [-0.4, -0.2) is 89.9 Å². The highest BCUT2D eigenvalue weighted by Gasteiger charge is 2.34. The number of ether oxygens (including phenoxy) is 1. The van der Waals surface area contributed by atoms with E-state index in [1.54, 1.807) is 18.2 Å². The Kier molecular flexibility index (Phi) is 9.41. The van der Waals surface area contributed by atoms with E-state index in [0.717, 1.165) is 63.0 Å². The molecule has 8 nitrogen and oxygen atoms in total. The minimum absolute atomic E-state index is 0.215. The molecule has 0 bridgehead atoms. The normalized spacial score (nSPS) is 19.2. The molecule has 0 aliphatic carbocycles. The van der Waals surface area contributed by atoms with E-state index in [-0.39, 0.29) is 17.2 Å². The van der Waals surface area contributed by atoms with E-state index in [1.807, 2.05) is 32.9 Å². The topological polar surface area (TPSA) is 82.2 Å². The first-order chi connectivity index (χ1) is 16.1. The van der Waals surface area contributed by atoms with Crippen molar-refractivity contribution in [2.24, 2.45) is 0 Å². The van der Waals surface area contributed by atoms with Crippen molar-refractivity contribution >= 4 is 46.7 Å². The number of hydrogen-bond donors (Lipinski definition) is 1. The van der Waals surface area contributed by atoms with Gasteiger partial charge in [0.15, 0.2) is 0 Å². The fraction of sp³-hybridized carbons (Fsp3) is 0.542. The van der Waals surface area contributed by atoms with Crippen molar-refractivity contribution < 1.29 is 19.1 Å².